The Morgan fingerprint density at radius 1 is 1.41 bits per heavy atom. The molecule has 8 heteroatoms. The van der Waals surface area contributed by atoms with Gasteiger partial charge in [0, 0.05) is 18.8 Å². The zero-order chi connectivity index (χ0) is 15.8. The predicted molar refractivity (Wildman–Crippen MR) is 82.9 cm³/mol. The molecule has 0 aliphatic rings. The highest BCUT2D eigenvalue weighted by Gasteiger charge is 2.07. The molecule has 2 N–H and O–H groups in total. The highest BCUT2D eigenvalue weighted by Crippen LogP contribution is 2.10. The molecule has 0 atom stereocenters. The van der Waals surface area contributed by atoms with Gasteiger partial charge in [-0.1, -0.05) is 12.1 Å². The summed E-state index contributed by atoms with van der Waals surface area (Å²) >= 11 is 1.52. The number of carbonyl (C=O) groups is 1. The Hall–Kier alpha value is -1.93. The van der Waals surface area contributed by atoms with Crippen LogP contribution in [-0.2, 0) is 11.3 Å². The Morgan fingerprint density at radius 3 is 2.86 bits per heavy atom. The fourth-order valence-electron chi connectivity index (χ4n) is 1.87. The molecule has 0 spiro atoms. The zero-order valence-electron chi connectivity index (χ0n) is 12.3. The van der Waals surface area contributed by atoms with Gasteiger partial charge in [0.1, 0.15) is 10.8 Å². The van der Waals surface area contributed by atoms with E-state index in [0.717, 1.165) is 16.3 Å². The normalized spacial score (nSPS) is 10.9. The fourth-order valence-corrected chi connectivity index (χ4v) is 2.51. The van der Waals surface area contributed by atoms with E-state index in [1.807, 2.05) is 11.9 Å². The maximum atomic E-state index is 12.8. The molecule has 0 fully saturated rings. The number of nitrogens with zero attached hydrogens (tertiary/aromatic N) is 3. The second kappa shape index (κ2) is 8.50. The van der Waals surface area contributed by atoms with Crippen LogP contribution >= 0.6 is 11.8 Å². The summed E-state index contributed by atoms with van der Waals surface area (Å²) in [5.74, 6) is 0.444. The van der Waals surface area contributed by atoms with E-state index in [0.29, 0.717) is 19.6 Å². The molecule has 1 amide bonds. The Balaban J connectivity index is 1.62. The second-order valence-electron chi connectivity index (χ2n) is 4.81. The largest absolute Gasteiger partial charge is 0.354 e. The van der Waals surface area contributed by atoms with Gasteiger partial charge in [-0.3, -0.25) is 9.69 Å². The first kappa shape index (κ1) is 16.4. The van der Waals surface area contributed by atoms with Crippen molar-refractivity contribution in [2.24, 2.45) is 0 Å². The maximum absolute atomic E-state index is 12.8. The minimum atomic E-state index is -0.256. The number of hydrogen-bond acceptors (Lipinski definition) is 5. The first-order chi connectivity index (χ1) is 10.6. The Kier molecular flexibility index (Phi) is 6.35. The van der Waals surface area contributed by atoms with Crippen molar-refractivity contribution in [1.82, 2.24) is 25.6 Å². The lowest BCUT2D eigenvalue weighted by Crippen LogP contribution is -2.35. The lowest BCUT2D eigenvalue weighted by molar-refractivity contribution is -0.121. The third-order valence-corrected chi connectivity index (χ3v) is 3.75. The Bertz CT molecular complexity index is 575. The van der Waals surface area contributed by atoms with Crippen LogP contribution in [0.2, 0.25) is 0 Å². The predicted octanol–water partition coefficient (Wildman–Crippen LogP) is 1.28. The van der Waals surface area contributed by atoms with E-state index in [1.165, 1.54) is 23.9 Å². The highest BCUT2D eigenvalue weighted by molar-refractivity contribution is 7.99. The van der Waals surface area contributed by atoms with Crippen LogP contribution in [0.4, 0.5) is 4.39 Å². The van der Waals surface area contributed by atoms with Gasteiger partial charge in [-0.15, -0.1) is 16.9 Å². The van der Waals surface area contributed by atoms with Gasteiger partial charge in [0.15, 0.2) is 0 Å². The van der Waals surface area contributed by atoms with Gasteiger partial charge in [-0.2, -0.15) is 10.3 Å². The number of likely N-dealkylation sites (N-methyl/N-ethyl adjacent to an activating group) is 1. The molecule has 1 aromatic carbocycles. The summed E-state index contributed by atoms with van der Waals surface area (Å²) in [6.45, 7) is 1.47. The van der Waals surface area contributed by atoms with Gasteiger partial charge in [-0.25, -0.2) is 4.39 Å². The van der Waals surface area contributed by atoms with Gasteiger partial charge in [-0.05, 0) is 24.7 Å². The van der Waals surface area contributed by atoms with Crippen molar-refractivity contribution in [3.63, 3.8) is 0 Å². The van der Waals surface area contributed by atoms with Crippen LogP contribution in [0, 0.1) is 5.82 Å². The van der Waals surface area contributed by atoms with Crippen molar-refractivity contribution < 1.29 is 9.18 Å². The van der Waals surface area contributed by atoms with Crippen LogP contribution in [0.5, 0.6) is 0 Å². The van der Waals surface area contributed by atoms with E-state index in [-0.39, 0.29) is 11.7 Å². The van der Waals surface area contributed by atoms with Crippen molar-refractivity contribution in [1.29, 1.82) is 0 Å². The Morgan fingerprint density at radius 2 is 2.18 bits per heavy atom. The van der Waals surface area contributed by atoms with Crippen molar-refractivity contribution in [3.8, 4) is 0 Å². The second-order valence-corrected chi connectivity index (χ2v) is 5.92. The van der Waals surface area contributed by atoms with E-state index in [4.69, 9.17) is 0 Å². The highest BCUT2D eigenvalue weighted by atomic mass is 32.2. The smallest absolute Gasteiger partial charge is 0.234 e. The van der Waals surface area contributed by atoms with E-state index in [2.05, 4.69) is 20.7 Å². The minimum Gasteiger partial charge on any atom is -0.354 e. The van der Waals surface area contributed by atoms with Gasteiger partial charge in [0.05, 0.1) is 12.7 Å². The molecule has 118 valence electrons. The number of aromatic nitrogens is 3. The summed E-state index contributed by atoms with van der Waals surface area (Å²) in [5.41, 5.74) is 0.971. The average Bonchev–Trinajstić information content (AvgIpc) is 2.99. The molecular weight excluding hydrogens is 305 g/mol. The van der Waals surface area contributed by atoms with E-state index in [1.54, 1.807) is 18.3 Å². The lowest BCUT2D eigenvalue weighted by Gasteiger charge is -2.16. The number of rotatable bonds is 8. The SMILES string of the molecule is CN(CC(=O)NCCSc1cn[nH]n1)Cc1ccc(F)cc1. The molecular formula is C14H18FN5OS. The van der Waals surface area contributed by atoms with Crippen LogP contribution in [0.3, 0.4) is 0 Å². The molecule has 6 nitrogen and oxygen atoms in total. The standard InChI is InChI=1S/C14H18FN5OS/c1-20(9-11-2-4-12(15)5-3-11)10-13(21)16-6-7-22-14-8-17-19-18-14/h2-5,8H,6-7,9-10H2,1H3,(H,16,21)(H,17,18,19). The summed E-state index contributed by atoms with van der Waals surface area (Å²) in [7, 11) is 1.85. The molecule has 2 aromatic rings. The minimum absolute atomic E-state index is 0.0367. The average molecular weight is 323 g/mol. The van der Waals surface area contributed by atoms with Crippen LogP contribution in [-0.4, -0.2) is 52.1 Å². The number of aromatic amines is 1. The molecule has 0 unspecified atom stereocenters. The topological polar surface area (TPSA) is 73.9 Å². The zero-order valence-corrected chi connectivity index (χ0v) is 13.1. The van der Waals surface area contributed by atoms with E-state index in [9.17, 15) is 9.18 Å². The molecule has 0 saturated carbocycles. The van der Waals surface area contributed by atoms with Crippen molar-refractivity contribution in [3.05, 3.63) is 41.8 Å². The van der Waals surface area contributed by atoms with Crippen molar-refractivity contribution in [2.45, 2.75) is 11.6 Å². The van der Waals surface area contributed by atoms with E-state index >= 15 is 0 Å². The monoisotopic (exact) mass is 323 g/mol. The summed E-state index contributed by atoms with van der Waals surface area (Å²) in [6.07, 6.45) is 1.64. The van der Waals surface area contributed by atoms with Crippen LogP contribution in [0.15, 0.2) is 35.5 Å². The Labute approximate surface area is 132 Å². The molecule has 0 bridgehead atoms. The van der Waals surface area contributed by atoms with Crippen LogP contribution in [0.1, 0.15) is 5.56 Å². The molecule has 1 heterocycles. The summed E-state index contributed by atoms with van der Waals surface area (Å²) in [4.78, 5) is 13.7. The van der Waals surface area contributed by atoms with Gasteiger partial charge in [0.25, 0.3) is 0 Å². The summed E-state index contributed by atoms with van der Waals surface area (Å²) in [5, 5.41) is 13.8. The number of nitrogens with one attached hydrogen (secondary N) is 2. The molecule has 0 saturated heterocycles. The maximum Gasteiger partial charge on any atom is 0.234 e. The number of amides is 1. The number of carbonyl (C=O) groups excluding carboxylic acids is 1. The number of H-pyrrole nitrogens is 1. The molecule has 2 rings (SSSR count). The molecule has 0 aliphatic heterocycles. The van der Waals surface area contributed by atoms with Gasteiger partial charge >= 0.3 is 0 Å². The summed E-state index contributed by atoms with van der Waals surface area (Å²) in [6, 6.07) is 6.28. The third-order valence-electron chi connectivity index (χ3n) is 2.85. The van der Waals surface area contributed by atoms with Crippen molar-refractivity contribution >= 4 is 17.7 Å². The van der Waals surface area contributed by atoms with Crippen LogP contribution < -0.4 is 5.32 Å². The van der Waals surface area contributed by atoms with Gasteiger partial charge in [0.2, 0.25) is 5.91 Å². The molecule has 1 aromatic heterocycles. The number of thioether (sulfide) groups is 1. The summed E-state index contributed by atoms with van der Waals surface area (Å²) < 4.78 is 12.8. The molecule has 0 aliphatic carbocycles. The number of benzene rings is 1. The quantitative estimate of drug-likeness (QED) is 0.565. The fraction of sp³-hybridized carbons (Fsp3) is 0.357. The third kappa shape index (κ3) is 5.82. The number of hydrogen-bond donors (Lipinski definition) is 2. The number of halogens is 1. The van der Waals surface area contributed by atoms with Gasteiger partial charge < -0.3 is 5.32 Å². The van der Waals surface area contributed by atoms with Crippen LogP contribution in [0.25, 0.3) is 0 Å². The first-order valence-corrected chi connectivity index (χ1v) is 7.80. The lowest BCUT2D eigenvalue weighted by atomic mass is 10.2. The van der Waals surface area contributed by atoms with E-state index < -0.39 is 0 Å². The first-order valence-electron chi connectivity index (χ1n) is 6.82. The molecule has 0 radical (unpaired) electrons. The van der Waals surface area contributed by atoms with Crippen molar-refractivity contribution in [2.75, 3.05) is 25.9 Å². The molecule has 22 heavy (non-hydrogen) atoms.